The van der Waals surface area contributed by atoms with Crippen LogP contribution in [0.5, 0.6) is 5.75 Å². The zero-order valence-corrected chi connectivity index (χ0v) is 11.9. The third-order valence-electron chi connectivity index (χ3n) is 2.75. The predicted molar refractivity (Wildman–Crippen MR) is 75.9 cm³/mol. The van der Waals surface area contributed by atoms with Crippen molar-refractivity contribution in [2.24, 2.45) is 5.41 Å². The summed E-state index contributed by atoms with van der Waals surface area (Å²) in [5.74, 6) is 0.340. The van der Waals surface area contributed by atoms with Gasteiger partial charge < -0.3 is 15.2 Å². The molecule has 0 spiro atoms. The molecule has 1 rings (SSSR count). The molecule has 2 N–H and O–H groups in total. The second kappa shape index (κ2) is 7.39. The van der Waals surface area contributed by atoms with Crippen LogP contribution in [-0.4, -0.2) is 19.2 Å². The summed E-state index contributed by atoms with van der Waals surface area (Å²) in [4.78, 5) is 11.5. The van der Waals surface area contributed by atoms with Gasteiger partial charge in [0.1, 0.15) is 5.75 Å². The van der Waals surface area contributed by atoms with Gasteiger partial charge in [0, 0.05) is 5.69 Å². The topological polar surface area (TPSA) is 85.3 Å². The summed E-state index contributed by atoms with van der Waals surface area (Å²) >= 11 is 0. The quantitative estimate of drug-likeness (QED) is 0.611. The predicted octanol–water partition coefficient (Wildman–Crippen LogP) is 2.52. The Labute approximate surface area is 119 Å². The first-order valence-corrected chi connectivity index (χ1v) is 6.48. The van der Waals surface area contributed by atoms with Gasteiger partial charge in [-0.3, -0.25) is 4.79 Å². The van der Waals surface area contributed by atoms with Crippen molar-refractivity contribution in [1.82, 2.24) is 0 Å². The third-order valence-corrected chi connectivity index (χ3v) is 2.75. The lowest BCUT2D eigenvalue weighted by Crippen LogP contribution is -2.16. The van der Waals surface area contributed by atoms with Gasteiger partial charge in [0.2, 0.25) is 0 Å². The Kier molecular flexibility index (Phi) is 5.85. The van der Waals surface area contributed by atoms with Crippen LogP contribution in [0, 0.1) is 16.7 Å². The molecule has 0 aliphatic carbocycles. The van der Waals surface area contributed by atoms with Crippen LogP contribution in [0.4, 0.5) is 5.69 Å². The molecule has 0 aromatic heterocycles. The Bertz CT molecular complexity index is 475. The highest BCUT2D eigenvalue weighted by Gasteiger charge is 2.17. The Balaban J connectivity index is 2.18. The SMILES string of the molecule is CC(C)(C#N)CCOC(=O)CCOc1ccc(N)cc1. The fraction of sp³-hybridized carbons (Fsp3) is 0.467. The molecule has 5 heteroatoms. The van der Waals surface area contributed by atoms with Gasteiger partial charge in [0.15, 0.2) is 0 Å². The maximum absolute atomic E-state index is 11.5. The molecule has 0 bridgehead atoms. The molecule has 0 unspecified atom stereocenters. The highest BCUT2D eigenvalue weighted by atomic mass is 16.5. The number of hydrogen-bond donors (Lipinski definition) is 1. The summed E-state index contributed by atoms with van der Waals surface area (Å²) in [5.41, 5.74) is 5.74. The Morgan fingerprint density at radius 3 is 2.55 bits per heavy atom. The van der Waals surface area contributed by atoms with Gasteiger partial charge >= 0.3 is 5.97 Å². The number of nitrogen functional groups attached to an aromatic ring is 1. The number of nitrogens with two attached hydrogens (primary N) is 1. The van der Waals surface area contributed by atoms with Crippen molar-refractivity contribution < 1.29 is 14.3 Å². The number of hydrogen-bond acceptors (Lipinski definition) is 5. The average Bonchev–Trinajstić information content (AvgIpc) is 2.41. The molecule has 1 aromatic carbocycles. The number of esters is 1. The maximum Gasteiger partial charge on any atom is 0.309 e. The average molecular weight is 276 g/mol. The lowest BCUT2D eigenvalue weighted by Gasteiger charge is -2.14. The number of carbonyl (C=O) groups is 1. The summed E-state index contributed by atoms with van der Waals surface area (Å²) < 4.78 is 10.4. The van der Waals surface area contributed by atoms with Crippen molar-refractivity contribution in [2.45, 2.75) is 26.7 Å². The minimum absolute atomic E-state index is 0.178. The zero-order chi connectivity index (χ0) is 15.0. The van der Waals surface area contributed by atoms with Crippen molar-refractivity contribution in [3.05, 3.63) is 24.3 Å². The zero-order valence-electron chi connectivity index (χ0n) is 11.9. The molecule has 0 aliphatic heterocycles. The standard InChI is InChI=1S/C15H20N2O3/c1-15(2,11-16)8-10-20-14(18)7-9-19-13-5-3-12(17)4-6-13/h3-6H,7-10,17H2,1-2H3. The molecule has 20 heavy (non-hydrogen) atoms. The summed E-state index contributed by atoms with van der Waals surface area (Å²) in [5, 5.41) is 8.83. The van der Waals surface area contributed by atoms with Crippen LogP contribution in [0.15, 0.2) is 24.3 Å². The number of nitriles is 1. The van der Waals surface area contributed by atoms with Gasteiger partial charge in [-0.05, 0) is 44.5 Å². The molecule has 0 saturated carbocycles. The van der Waals surface area contributed by atoms with Crippen LogP contribution < -0.4 is 10.5 Å². The Morgan fingerprint density at radius 1 is 1.30 bits per heavy atom. The number of anilines is 1. The number of rotatable bonds is 7. The van der Waals surface area contributed by atoms with Gasteiger partial charge in [-0.25, -0.2) is 0 Å². The Morgan fingerprint density at radius 2 is 1.95 bits per heavy atom. The number of nitrogens with zero attached hydrogens (tertiary/aromatic N) is 1. The van der Waals surface area contributed by atoms with Crippen LogP contribution in [0.1, 0.15) is 26.7 Å². The molecule has 0 heterocycles. The van der Waals surface area contributed by atoms with Gasteiger partial charge in [-0.2, -0.15) is 5.26 Å². The minimum Gasteiger partial charge on any atom is -0.493 e. The van der Waals surface area contributed by atoms with E-state index in [-0.39, 0.29) is 25.6 Å². The fourth-order valence-corrected chi connectivity index (χ4v) is 1.36. The molecule has 0 radical (unpaired) electrons. The first-order valence-electron chi connectivity index (χ1n) is 6.48. The molecular formula is C15H20N2O3. The van der Waals surface area contributed by atoms with Crippen molar-refractivity contribution >= 4 is 11.7 Å². The largest absolute Gasteiger partial charge is 0.493 e. The second-order valence-corrected chi connectivity index (χ2v) is 5.13. The molecule has 108 valence electrons. The van der Waals surface area contributed by atoms with E-state index in [4.69, 9.17) is 20.5 Å². The van der Waals surface area contributed by atoms with Crippen LogP contribution in [-0.2, 0) is 9.53 Å². The first-order chi connectivity index (χ1) is 9.43. The number of carbonyl (C=O) groups excluding carboxylic acids is 1. The van der Waals surface area contributed by atoms with Crippen molar-refractivity contribution in [3.63, 3.8) is 0 Å². The van der Waals surface area contributed by atoms with Crippen LogP contribution in [0.3, 0.4) is 0 Å². The van der Waals surface area contributed by atoms with E-state index >= 15 is 0 Å². The molecule has 0 amide bonds. The lowest BCUT2D eigenvalue weighted by atomic mass is 9.92. The summed E-state index contributed by atoms with van der Waals surface area (Å²) in [6, 6.07) is 9.12. The smallest absolute Gasteiger partial charge is 0.309 e. The molecule has 0 atom stereocenters. The van der Waals surface area contributed by atoms with E-state index in [1.54, 1.807) is 24.3 Å². The van der Waals surface area contributed by atoms with E-state index in [1.807, 2.05) is 13.8 Å². The van der Waals surface area contributed by atoms with E-state index in [0.717, 1.165) is 0 Å². The highest BCUT2D eigenvalue weighted by molar-refractivity contribution is 5.69. The lowest BCUT2D eigenvalue weighted by molar-refractivity contribution is -0.144. The molecule has 0 aliphatic rings. The first kappa shape index (κ1) is 15.8. The van der Waals surface area contributed by atoms with E-state index in [1.165, 1.54) is 0 Å². The monoisotopic (exact) mass is 276 g/mol. The summed E-state index contributed by atoms with van der Waals surface area (Å²) in [6.07, 6.45) is 0.700. The number of benzene rings is 1. The maximum atomic E-state index is 11.5. The summed E-state index contributed by atoms with van der Waals surface area (Å²) in [6.45, 7) is 4.13. The van der Waals surface area contributed by atoms with E-state index in [9.17, 15) is 4.79 Å². The normalized spacial score (nSPS) is 10.7. The third kappa shape index (κ3) is 6.10. The van der Waals surface area contributed by atoms with Crippen molar-refractivity contribution in [1.29, 1.82) is 5.26 Å². The van der Waals surface area contributed by atoms with Gasteiger partial charge in [-0.1, -0.05) is 0 Å². The minimum atomic E-state index is -0.471. The van der Waals surface area contributed by atoms with Gasteiger partial charge in [0.05, 0.1) is 31.1 Å². The van der Waals surface area contributed by atoms with E-state index in [2.05, 4.69) is 6.07 Å². The molecule has 0 fully saturated rings. The van der Waals surface area contributed by atoms with Crippen molar-refractivity contribution in [3.8, 4) is 11.8 Å². The molecular weight excluding hydrogens is 256 g/mol. The molecule has 1 aromatic rings. The highest BCUT2D eigenvalue weighted by Crippen LogP contribution is 2.18. The van der Waals surface area contributed by atoms with Crippen LogP contribution in [0.2, 0.25) is 0 Å². The van der Waals surface area contributed by atoms with Crippen molar-refractivity contribution in [2.75, 3.05) is 18.9 Å². The van der Waals surface area contributed by atoms with Crippen LogP contribution >= 0.6 is 0 Å². The van der Waals surface area contributed by atoms with Gasteiger partial charge in [-0.15, -0.1) is 0 Å². The van der Waals surface area contributed by atoms with Gasteiger partial charge in [0.25, 0.3) is 0 Å². The molecule has 0 saturated heterocycles. The molecule has 5 nitrogen and oxygen atoms in total. The second-order valence-electron chi connectivity index (χ2n) is 5.13. The summed E-state index contributed by atoms with van der Waals surface area (Å²) in [7, 11) is 0. The van der Waals surface area contributed by atoms with E-state index in [0.29, 0.717) is 17.9 Å². The van der Waals surface area contributed by atoms with E-state index < -0.39 is 5.41 Å². The Hall–Kier alpha value is -2.22. The number of ether oxygens (including phenoxy) is 2. The van der Waals surface area contributed by atoms with Crippen LogP contribution in [0.25, 0.3) is 0 Å². The fourth-order valence-electron chi connectivity index (χ4n) is 1.36.